The Morgan fingerprint density at radius 1 is 1.05 bits per heavy atom. The molecule has 0 atom stereocenters. The number of anilines is 2. The predicted octanol–water partition coefficient (Wildman–Crippen LogP) is 3.42. The minimum Gasteiger partial charge on any atom is -0.369 e. The lowest BCUT2D eigenvalue weighted by Gasteiger charge is -2.38. The van der Waals surface area contributed by atoms with Gasteiger partial charge in [0.15, 0.2) is 5.82 Å². The zero-order chi connectivity index (χ0) is 13.5. The standard InChI is InChI=1S/C14H16F2N2O/c15-9-7-10(16)12-11(8-9)18-14(13(19)17-12)5-3-1-2-4-6-14/h7-8,18H,1-6H2,(H,17,19). The van der Waals surface area contributed by atoms with E-state index in [9.17, 15) is 13.6 Å². The van der Waals surface area contributed by atoms with Crippen molar-refractivity contribution in [2.24, 2.45) is 0 Å². The number of halogens is 2. The van der Waals surface area contributed by atoms with E-state index in [-0.39, 0.29) is 11.6 Å². The molecule has 1 saturated carbocycles. The largest absolute Gasteiger partial charge is 0.369 e. The third kappa shape index (κ3) is 2.07. The number of rotatable bonds is 0. The van der Waals surface area contributed by atoms with Gasteiger partial charge in [-0.2, -0.15) is 0 Å². The monoisotopic (exact) mass is 266 g/mol. The van der Waals surface area contributed by atoms with Crippen LogP contribution in [0, 0.1) is 11.6 Å². The van der Waals surface area contributed by atoms with Crippen molar-refractivity contribution in [1.29, 1.82) is 0 Å². The highest BCUT2D eigenvalue weighted by molar-refractivity contribution is 6.06. The summed E-state index contributed by atoms with van der Waals surface area (Å²) in [4.78, 5) is 12.3. The molecule has 1 spiro atoms. The second-order valence-electron chi connectivity index (χ2n) is 5.39. The molecule has 0 unspecified atom stereocenters. The van der Waals surface area contributed by atoms with Crippen molar-refractivity contribution < 1.29 is 13.6 Å². The third-order valence-electron chi connectivity index (χ3n) is 4.06. The molecule has 1 aromatic carbocycles. The van der Waals surface area contributed by atoms with Gasteiger partial charge in [0, 0.05) is 6.07 Å². The van der Waals surface area contributed by atoms with Crippen molar-refractivity contribution in [2.75, 3.05) is 10.6 Å². The van der Waals surface area contributed by atoms with Crippen molar-refractivity contribution in [1.82, 2.24) is 0 Å². The maximum absolute atomic E-state index is 13.6. The third-order valence-corrected chi connectivity index (χ3v) is 4.06. The first-order valence-corrected chi connectivity index (χ1v) is 6.69. The molecule has 5 heteroatoms. The smallest absolute Gasteiger partial charge is 0.250 e. The lowest BCUT2D eigenvalue weighted by Crippen LogP contribution is -2.52. The van der Waals surface area contributed by atoms with E-state index < -0.39 is 17.2 Å². The van der Waals surface area contributed by atoms with Crippen LogP contribution < -0.4 is 10.6 Å². The summed E-state index contributed by atoms with van der Waals surface area (Å²) < 4.78 is 26.9. The molecular weight excluding hydrogens is 250 g/mol. The number of carbonyl (C=O) groups is 1. The van der Waals surface area contributed by atoms with Crippen molar-refractivity contribution in [3.63, 3.8) is 0 Å². The molecule has 0 saturated heterocycles. The molecule has 3 rings (SSSR count). The van der Waals surface area contributed by atoms with E-state index in [1.807, 2.05) is 0 Å². The number of hydrogen-bond donors (Lipinski definition) is 2. The van der Waals surface area contributed by atoms with E-state index in [1.54, 1.807) is 0 Å². The zero-order valence-electron chi connectivity index (χ0n) is 10.6. The normalized spacial score (nSPS) is 21.3. The fraction of sp³-hybridized carbons (Fsp3) is 0.500. The molecule has 0 radical (unpaired) electrons. The average Bonchev–Trinajstić information content (AvgIpc) is 2.58. The summed E-state index contributed by atoms with van der Waals surface area (Å²) in [6, 6.07) is 2.02. The minimum absolute atomic E-state index is 0.0567. The van der Waals surface area contributed by atoms with E-state index in [0.717, 1.165) is 31.7 Å². The van der Waals surface area contributed by atoms with E-state index in [2.05, 4.69) is 10.6 Å². The number of fused-ring (bicyclic) bond motifs is 1. The molecule has 1 aliphatic carbocycles. The SMILES string of the molecule is O=C1Nc2c(F)cc(F)cc2NC12CCCCCC2. The van der Waals surface area contributed by atoms with Gasteiger partial charge in [0.1, 0.15) is 17.0 Å². The molecule has 2 N–H and O–H groups in total. The first-order valence-electron chi connectivity index (χ1n) is 6.69. The molecule has 1 aliphatic heterocycles. The van der Waals surface area contributed by atoms with E-state index in [1.165, 1.54) is 6.07 Å². The second kappa shape index (κ2) is 4.47. The molecular formula is C14H16F2N2O. The van der Waals surface area contributed by atoms with Crippen LogP contribution >= 0.6 is 0 Å². The van der Waals surface area contributed by atoms with Crippen LogP contribution in [0.4, 0.5) is 20.2 Å². The lowest BCUT2D eigenvalue weighted by molar-refractivity contribution is -0.121. The Kier molecular flexibility index (Phi) is 2.92. The van der Waals surface area contributed by atoms with Gasteiger partial charge in [-0.3, -0.25) is 4.79 Å². The summed E-state index contributed by atoms with van der Waals surface area (Å²) in [6.07, 6.45) is 5.51. The van der Waals surface area contributed by atoms with Crippen molar-refractivity contribution in [2.45, 2.75) is 44.1 Å². The molecule has 1 fully saturated rings. The van der Waals surface area contributed by atoms with Gasteiger partial charge in [-0.1, -0.05) is 25.7 Å². The summed E-state index contributed by atoms with van der Waals surface area (Å²) in [6.45, 7) is 0. The molecule has 19 heavy (non-hydrogen) atoms. The number of hydrogen-bond acceptors (Lipinski definition) is 2. The Hall–Kier alpha value is -1.65. The molecule has 1 aromatic rings. The van der Waals surface area contributed by atoms with Gasteiger partial charge in [-0.25, -0.2) is 8.78 Å². The first kappa shape index (κ1) is 12.4. The van der Waals surface area contributed by atoms with Crippen LogP contribution in [-0.2, 0) is 4.79 Å². The molecule has 2 aliphatic rings. The van der Waals surface area contributed by atoms with Gasteiger partial charge in [0.05, 0.1) is 5.69 Å². The fourth-order valence-corrected chi connectivity index (χ4v) is 3.03. The zero-order valence-corrected chi connectivity index (χ0v) is 10.6. The highest BCUT2D eigenvalue weighted by atomic mass is 19.1. The lowest BCUT2D eigenvalue weighted by atomic mass is 9.86. The van der Waals surface area contributed by atoms with E-state index in [4.69, 9.17) is 0 Å². The van der Waals surface area contributed by atoms with E-state index in [0.29, 0.717) is 18.5 Å². The summed E-state index contributed by atoms with van der Waals surface area (Å²) >= 11 is 0. The van der Waals surface area contributed by atoms with Crippen molar-refractivity contribution in [3.8, 4) is 0 Å². The van der Waals surface area contributed by atoms with Crippen molar-refractivity contribution >= 4 is 17.3 Å². The molecule has 0 aromatic heterocycles. The first-order chi connectivity index (χ1) is 9.11. The van der Waals surface area contributed by atoms with Crippen molar-refractivity contribution in [3.05, 3.63) is 23.8 Å². The Bertz CT molecular complexity index is 522. The molecule has 1 amide bonds. The number of benzene rings is 1. The average molecular weight is 266 g/mol. The van der Waals surface area contributed by atoms with Crippen LogP contribution in [0.2, 0.25) is 0 Å². The van der Waals surface area contributed by atoms with Crippen LogP contribution in [0.5, 0.6) is 0 Å². The summed E-state index contributed by atoms with van der Waals surface area (Å²) in [5.41, 5.74) is -0.302. The number of carbonyl (C=O) groups excluding carboxylic acids is 1. The van der Waals surface area contributed by atoms with Crippen LogP contribution in [0.3, 0.4) is 0 Å². The minimum atomic E-state index is -0.737. The number of nitrogens with one attached hydrogen (secondary N) is 2. The van der Waals surface area contributed by atoms with Crippen LogP contribution in [-0.4, -0.2) is 11.4 Å². The molecule has 3 nitrogen and oxygen atoms in total. The summed E-state index contributed by atoms with van der Waals surface area (Å²) in [5, 5.41) is 5.69. The van der Waals surface area contributed by atoms with Gasteiger partial charge in [0.25, 0.3) is 0 Å². The van der Waals surface area contributed by atoms with Crippen LogP contribution in [0.25, 0.3) is 0 Å². The Balaban J connectivity index is 2.00. The number of amides is 1. The molecule has 102 valence electrons. The summed E-state index contributed by atoms with van der Waals surface area (Å²) in [5.74, 6) is -1.57. The Morgan fingerprint density at radius 3 is 2.42 bits per heavy atom. The van der Waals surface area contributed by atoms with Gasteiger partial charge in [0.2, 0.25) is 5.91 Å². The highest BCUT2D eigenvalue weighted by Crippen LogP contribution is 2.39. The molecule has 0 bridgehead atoms. The van der Waals surface area contributed by atoms with Crippen LogP contribution in [0.15, 0.2) is 12.1 Å². The van der Waals surface area contributed by atoms with Gasteiger partial charge >= 0.3 is 0 Å². The van der Waals surface area contributed by atoms with E-state index >= 15 is 0 Å². The topological polar surface area (TPSA) is 41.1 Å². The predicted molar refractivity (Wildman–Crippen MR) is 69.0 cm³/mol. The van der Waals surface area contributed by atoms with Gasteiger partial charge in [-0.15, -0.1) is 0 Å². The highest BCUT2D eigenvalue weighted by Gasteiger charge is 2.42. The maximum atomic E-state index is 13.6. The van der Waals surface area contributed by atoms with Gasteiger partial charge in [-0.05, 0) is 18.9 Å². The fourth-order valence-electron chi connectivity index (χ4n) is 3.03. The Morgan fingerprint density at radius 2 is 1.74 bits per heavy atom. The van der Waals surface area contributed by atoms with Crippen LogP contribution in [0.1, 0.15) is 38.5 Å². The quantitative estimate of drug-likeness (QED) is 0.755. The Labute approximate surface area is 110 Å². The van der Waals surface area contributed by atoms with Gasteiger partial charge < -0.3 is 10.6 Å². The second-order valence-corrected chi connectivity index (χ2v) is 5.39. The maximum Gasteiger partial charge on any atom is 0.250 e. The summed E-state index contributed by atoms with van der Waals surface area (Å²) in [7, 11) is 0. The molecule has 1 heterocycles.